The number of nitrogens with one attached hydrogen (secondary N) is 1. The van der Waals surface area contributed by atoms with Crippen molar-refractivity contribution in [1.29, 1.82) is 0 Å². The van der Waals surface area contributed by atoms with Gasteiger partial charge in [-0.2, -0.15) is 5.10 Å². The van der Waals surface area contributed by atoms with Crippen LogP contribution in [0.5, 0.6) is 0 Å². The first-order chi connectivity index (χ1) is 11.7. The van der Waals surface area contributed by atoms with E-state index in [1.54, 1.807) is 6.20 Å². The molecule has 0 aliphatic heterocycles. The molecule has 7 heteroatoms. The Bertz CT molecular complexity index is 1010. The highest BCUT2D eigenvalue weighted by atomic mass is 15.3. The number of hydrogen-bond donors (Lipinski definition) is 2. The van der Waals surface area contributed by atoms with Gasteiger partial charge in [-0.05, 0) is 38.2 Å². The van der Waals surface area contributed by atoms with Gasteiger partial charge in [0.15, 0.2) is 5.82 Å². The molecule has 0 saturated carbocycles. The Morgan fingerprint density at radius 2 is 2.12 bits per heavy atom. The third-order valence-electron chi connectivity index (χ3n) is 4.19. The number of nitrogens with zero attached hydrogens (tertiary/aromatic N) is 5. The molecule has 0 radical (unpaired) electrons. The quantitative estimate of drug-likeness (QED) is 0.601. The van der Waals surface area contributed by atoms with E-state index in [1.165, 1.54) is 0 Å². The van der Waals surface area contributed by atoms with Gasteiger partial charge in [-0.25, -0.2) is 14.6 Å². The molecule has 122 valence electrons. The third kappa shape index (κ3) is 2.13. The normalized spacial score (nSPS) is 11.6. The van der Waals surface area contributed by atoms with E-state index in [1.807, 2.05) is 36.1 Å². The average Bonchev–Trinajstić information content (AvgIpc) is 3.22. The summed E-state index contributed by atoms with van der Waals surface area (Å²) in [5.74, 6) is 1.42. The predicted octanol–water partition coefficient (Wildman–Crippen LogP) is 2.09. The molecule has 0 amide bonds. The first-order valence-electron chi connectivity index (χ1n) is 7.96. The standard InChI is InChI=1S/C17H19N7/c1-3-23-14(10-19-2)22-15-16(23)12-6-5-11(24-8-4-7-20-24)9-13(12)21-17(15)18/h4-9,19H,3,10H2,1-2H3,(H2,18,21). The molecule has 0 bridgehead atoms. The number of rotatable bonds is 4. The molecule has 0 unspecified atom stereocenters. The van der Waals surface area contributed by atoms with Crippen molar-refractivity contribution in [2.24, 2.45) is 0 Å². The number of nitrogen functional groups attached to an aromatic ring is 1. The van der Waals surface area contributed by atoms with Crippen molar-refractivity contribution in [3.05, 3.63) is 42.5 Å². The van der Waals surface area contributed by atoms with Crippen LogP contribution in [0.2, 0.25) is 0 Å². The Labute approximate surface area is 139 Å². The zero-order chi connectivity index (χ0) is 16.7. The fourth-order valence-corrected chi connectivity index (χ4v) is 3.14. The summed E-state index contributed by atoms with van der Waals surface area (Å²) in [5.41, 5.74) is 9.80. The third-order valence-corrected chi connectivity index (χ3v) is 4.19. The highest BCUT2D eigenvalue weighted by molar-refractivity contribution is 6.07. The summed E-state index contributed by atoms with van der Waals surface area (Å²) in [6, 6.07) is 8.00. The van der Waals surface area contributed by atoms with Gasteiger partial charge >= 0.3 is 0 Å². The molecule has 3 heterocycles. The van der Waals surface area contributed by atoms with Crippen LogP contribution in [-0.2, 0) is 13.1 Å². The molecule has 3 N–H and O–H groups in total. The smallest absolute Gasteiger partial charge is 0.152 e. The molecule has 0 atom stereocenters. The van der Waals surface area contributed by atoms with Gasteiger partial charge in [0.2, 0.25) is 0 Å². The van der Waals surface area contributed by atoms with Crippen molar-refractivity contribution in [2.75, 3.05) is 12.8 Å². The molecule has 4 rings (SSSR count). The van der Waals surface area contributed by atoms with E-state index in [-0.39, 0.29) is 0 Å². The number of hydrogen-bond acceptors (Lipinski definition) is 5. The Morgan fingerprint density at radius 3 is 2.83 bits per heavy atom. The highest BCUT2D eigenvalue weighted by Gasteiger charge is 2.16. The van der Waals surface area contributed by atoms with Crippen LogP contribution in [-0.4, -0.2) is 31.4 Å². The molecule has 24 heavy (non-hydrogen) atoms. The Balaban J connectivity index is 2.03. The molecule has 3 aromatic heterocycles. The highest BCUT2D eigenvalue weighted by Crippen LogP contribution is 2.30. The molecular formula is C17H19N7. The predicted molar refractivity (Wildman–Crippen MR) is 95.0 cm³/mol. The molecule has 0 aliphatic carbocycles. The van der Waals surface area contributed by atoms with Gasteiger partial charge in [0, 0.05) is 24.3 Å². The molecule has 0 fully saturated rings. The van der Waals surface area contributed by atoms with Crippen molar-refractivity contribution in [2.45, 2.75) is 20.0 Å². The van der Waals surface area contributed by atoms with Crippen molar-refractivity contribution in [1.82, 2.24) is 29.6 Å². The summed E-state index contributed by atoms with van der Waals surface area (Å²) in [4.78, 5) is 9.25. The van der Waals surface area contributed by atoms with Crippen molar-refractivity contribution in [3.63, 3.8) is 0 Å². The van der Waals surface area contributed by atoms with Gasteiger partial charge in [0.25, 0.3) is 0 Å². The fourth-order valence-electron chi connectivity index (χ4n) is 3.14. The Kier molecular flexibility index (Phi) is 3.42. The lowest BCUT2D eigenvalue weighted by Gasteiger charge is -2.09. The monoisotopic (exact) mass is 321 g/mol. The second-order valence-corrected chi connectivity index (χ2v) is 5.65. The minimum Gasteiger partial charge on any atom is -0.382 e. The van der Waals surface area contributed by atoms with Crippen LogP contribution in [0.15, 0.2) is 36.7 Å². The second-order valence-electron chi connectivity index (χ2n) is 5.65. The molecule has 1 aromatic carbocycles. The number of nitrogens with two attached hydrogens (primary N) is 1. The van der Waals surface area contributed by atoms with Gasteiger partial charge in [-0.3, -0.25) is 0 Å². The van der Waals surface area contributed by atoms with Gasteiger partial charge in [-0.1, -0.05) is 0 Å². The molecule has 0 aliphatic rings. The second kappa shape index (κ2) is 5.61. The zero-order valence-electron chi connectivity index (χ0n) is 13.7. The molecule has 4 aromatic rings. The van der Waals surface area contributed by atoms with E-state index in [4.69, 9.17) is 10.7 Å². The van der Waals surface area contributed by atoms with Crippen LogP contribution in [0.25, 0.3) is 27.6 Å². The molecule has 0 spiro atoms. The summed E-state index contributed by atoms with van der Waals surface area (Å²) in [5, 5.41) is 8.48. The number of benzene rings is 1. The minimum atomic E-state index is 0.458. The van der Waals surface area contributed by atoms with Gasteiger partial charge in [-0.15, -0.1) is 0 Å². The Hall–Kier alpha value is -2.93. The van der Waals surface area contributed by atoms with Gasteiger partial charge < -0.3 is 15.6 Å². The van der Waals surface area contributed by atoms with Crippen LogP contribution in [0.3, 0.4) is 0 Å². The lowest BCUT2D eigenvalue weighted by molar-refractivity contribution is 0.671. The van der Waals surface area contributed by atoms with Crippen LogP contribution in [0.1, 0.15) is 12.7 Å². The number of aromatic nitrogens is 5. The summed E-state index contributed by atoms with van der Waals surface area (Å²) < 4.78 is 4.00. The number of imidazole rings is 1. The number of aryl methyl sites for hydroxylation is 1. The van der Waals surface area contributed by atoms with Crippen LogP contribution >= 0.6 is 0 Å². The first kappa shape index (κ1) is 14.6. The van der Waals surface area contributed by atoms with Crippen molar-refractivity contribution >= 4 is 27.8 Å². The Morgan fingerprint density at radius 1 is 1.25 bits per heavy atom. The van der Waals surface area contributed by atoms with Crippen molar-refractivity contribution < 1.29 is 0 Å². The maximum Gasteiger partial charge on any atom is 0.152 e. The number of pyridine rings is 1. The van der Waals surface area contributed by atoms with Gasteiger partial charge in [0.1, 0.15) is 11.3 Å². The maximum absolute atomic E-state index is 6.19. The van der Waals surface area contributed by atoms with Crippen LogP contribution in [0, 0.1) is 0 Å². The minimum absolute atomic E-state index is 0.458. The topological polar surface area (TPSA) is 86.6 Å². The first-order valence-corrected chi connectivity index (χ1v) is 7.96. The van der Waals surface area contributed by atoms with E-state index in [2.05, 4.69) is 33.0 Å². The van der Waals surface area contributed by atoms with E-state index in [0.717, 1.165) is 40.0 Å². The van der Waals surface area contributed by atoms with Crippen molar-refractivity contribution in [3.8, 4) is 5.69 Å². The summed E-state index contributed by atoms with van der Waals surface area (Å²) in [6.45, 7) is 3.63. The molecule has 7 nitrogen and oxygen atoms in total. The van der Waals surface area contributed by atoms with Gasteiger partial charge in [0.05, 0.1) is 23.3 Å². The van der Waals surface area contributed by atoms with E-state index in [9.17, 15) is 0 Å². The lowest BCUT2D eigenvalue weighted by Crippen LogP contribution is -2.11. The number of anilines is 1. The van der Waals surface area contributed by atoms with E-state index in [0.29, 0.717) is 12.4 Å². The number of fused-ring (bicyclic) bond motifs is 3. The fraction of sp³-hybridized carbons (Fsp3) is 0.235. The van der Waals surface area contributed by atoms with E-state index < -0.39 is 0 Å². The summed E-state index contributed by atoms with van der Waals surface area (Å²) in [7, 11) is 1.91. The van der Waals surface area contributed by atoms with Crippen LogP contribution in [0.4, 0.5) is 5.82 Å². The summed E-state index contributed by atoms with van der Waals surface area (Å²) >= 11 is 0. The van der Waals surface area contributed by atoms with E-state index >= 15 is 0 Å². The lowest BCUT2D eigenvalue weighted by atomic mass is 10.1. The maximum atomic E-state index is 6.19. The summed E-state index contributed by atoms with van der Waals surface area (Å²) in [6.07, 6.45) is 3.66. The molecule has 0 saturated heterocycles. The largest absolute Gasteiger partial charge is 0.382 e. The van der Waals surface area contributed by atoms with Crippen LogP contribution < -0.4 is 11.1 Å². The SMILES string of the molecule is CCn1c(CNC)nc2c(N)nc3cc(-n4cccn4)ccc3c21. The molecular weight excluding hydrogens is 302 g/mol. The zero-order valence-corrected chi connectivity index (χ0v) is 13.7. The average molecular weight is 321 g/mol.